The Morgan fingerprint density at radius 1 is 1.50 bits per heavy atom. The van der Waals surface area contributed by atoms with Crippen molar-refractivity contribution in [3.8, 4) is 11.8 Å². The molecule has 0 saturated carbocycles. The van der Waals surface area contributed by atoms with E-state index in [-0.39, 0.29) is 17.5 Å². The lowest BCUT2D eigenvalue weighted by molar-refractivity contribution is 0.0690. The summed E-state index contributed by atoms with van der Waals surface area (Å²) in [6.45, 7) is 0. The van der Waals surface area contributed by atoms with E-state index in [1.54, 1.807) is 0 Å². The monoisotopic (exact) mass is 222 g/mol. The summed E-state index contributed by atoms with van der Waals surface area (Å²) in [4.78, 5) is 16.6. The molecule has 16 heavy (non-hydrogen) atoms. The van der Waals surface area contributed by atoms with Crippen molar-refractivity contribution >= 4 is 5.97 Å². The van der Waals surface area contributed by atoms with Crippen LogP contribution in [0.25, 0.3) is 0 Å². The van der Waals surface area contributed by atoms with Crippen molar-refractivity contribution in [2.24, 2.45) is 0 Å². The summed E-state index contributed by atoms with van der Waals surface area (Å²) in [5.41, 5.74) is -0.0913. The minimum absolute atomic E-state index is 0.00278. The molecule has 1 aromatic carbocycles. The number of aromatic amines is 1. The van der Waals surface area contributed by atoms with Gasteiger partial charge in [-0.15, -0.1) is 0 Å². The van der Waals surface area contributed by atoms with Crippen LogP contribution in [-0.2, 0) is 0 Å². The molecule has 2 rings (SSSR count). The molecule has 0 amide bonds. The maximum atomic E-state index is 12.8. The van der Waals surface area contributed by atoms with Crippen LogP contribution < -0.4 is 4.74 Å². The SMILES string of the molecule is O=C(O)c1cnc(Oc2cccc(F)c2)[nH]1. The molecule has 0 unspecified atom stereocenters. The first-order valence-corrected chi connectivity index (χ1v) is 4.37. The van der Waals surface area contributed by atoms with E-state index in [1.807, 2.05) is 0 Å². The van der Waals surface area contributed by atoms with Gasteiger partial charge in [0.1, 0.15) is 17.3 Å². The Balaban J connectivity index is 2.17. The van der Waals surface area contributed by atoms with Crippen LogP contribution in [0.5, 0.6) is 11.8 Å². The second-order valence-corrected chi connectivity index (χ2v) is 2.97. The largest absolute Gasteiger partial charge is 0.477 e. The molecule has 1 heterocycles. The van der Waals surface area contributed by atoms with E-state index in [2.05, 4.69) is 9.97 Å². The Bertz CT molecular complexity index is 524. The summed E-state index contributed by atoms with van der Waals surface area (Å²) in [6, 6.07) is 5.46. The Morgan fingerprint density at radius 2 is 2.31 bits per heavy atom. The lowest BCUT2D eigenvalue weighted by Crippen LogP contribution is -1.95. The summed E-state index contributed by atoms with van der Waals surface area (Å²) < 4.78 is 17.9. The normalized spacial score (nSPS) is 10.1. The van der Waals surface area contributed by atoms with Gasteiger partial charge in [-0.3, -0.25) is 0 Å². The minimum atomic E-state index is -1.14. The number of hydrogen-bond donors (Lipinski definition) is 2. The van der Waals surface area contributed by atoms with Gasteiger partial charge in [0.05, 0.1) is 6.20 Å². The standard InChI is InChI=1S/C10H7FN2O3/c11-6-2-1-3-7(4-6)16-10-12-5-8(13-10)9(14)15/h1-5H,(H,12,13)(H,14,15). The molecule has 0 aliphatic heterocycles. The van der Waals surface area contributed by atoms with Gasteiger partial charge in [-0.1, -0.05) is 6.07 Å². The molecular weight excluding hydrogens is 215 g/mol. The van der Waals surface area contributed by atoms with E-state index >= 15 is 0 Å². The minimum Gasteiger partial charge on any atom is -0.477 e. The van der Waals surface area contributed by atoms with Gasteiger partial charge in [0.15, 0.2) is 0 Å². The molecule has 5 nitrogen and oxygen atoms in total. The van der Waals surface area contributed by atoms with Crippen LogP contribution in [0, 0.1) is 5.82 Å². The molecule has 0 aliphatic carbocycles. The summed E-state index contributed by atoms with van der Waals surface area (Å²) >= 11 is 0. The van der Waals surface area contributed by atoms with Gasteiger partial charge >= 0.3 is 5.97 Å². The smallest absolute Gasteiger partial charge is 0.354 e. The van der Waals surface area contributed by atoms with Crippen LogP contribution in [0.15, 0.2) is 30.5 Å². The van der Waals surface area contributed by atoms with Crippen molar-refractivity contribution < 1.29 is 19.0 Å². The van der Waals surface area contributed by atoms with Gasteiger partial charge in [0, 0.05) is 6.07 Å². The van der Waals surface area contributed by atoms with Crippen LogP contribution in [-0.4, -0.2) is 21.0 Å². The Kier molecular flexibility index (Phi) is 2.55. The highest BCUT2D eigenvalue weighted by molar-refractivity contribution is 5.85. The number of nitrogens with one attached hydrogen (secondary N) is 1. The maximum Gasteiger partial charge on any atom is 0.354 e. The average molecular weight is 222 g/mol. The molecule has 0 fully saturated rings. The number of imidazole rings is 1. The Morgan fingerprint density at radius 3 is 2.94 bits per heavy atom. The quantitative estimate of drug-likeness (QED) is 0.833. The first-order chi connectivity index (χ1) is 7.65. The Labute approximate surface area is 89.5 Å². The molecule has 6 heteroatoms. The summed E-state index contributed by atoms with van der Waals surface area (Å²) in [5, 5.41) is 8.62. The van der Waals surface area contributed by atoms with Gasteiger partial charge < -0.3 is 14.8 Å². The van der Waals surface area contributed by atoms with Gasteiger partial charge in [-0.2, -0.15) is 0 Å². The molecule has 2 N–H and O–H groups in total. The fourth-order valence-electron chi connectivity index (χ4n) is 1.11. The number of nitrogens with zero attached hydrogens (tertiary/aromatic N) is 1. The molecule has 0 saturated heterocycles. The number of aromatic carboxylic acids is 1. The first-order valence-electron chi connectivity index (χ1n) is 4.37. The van der Waals surface area contributed by atoms with Crippen molar-refractivity contribution in [1.82, 2.24) is 9.97 Å². The number of carboxylic acids is 1. The second kappa shape index (κ2) is 4.01. The number of carboxylic acid groups (broad SMARTS) is 1. The van der Waals surface area contributed by atoms with E-state index in [0.29, 0.717) is 0 Å². The van der Waals surface area contributed by atoms with Crippen LogP contribution in [0.3, 0.4) is 0 Å². The maximum absolute atomic E-state index is 12.8. The zero-order valence-corrected chi connectivity index (χ0v) is 7.98. The van der Waals surface area contributed by atoms with E-state index in [0.717, 1.165) is 6.20 Å². The molecule has 82 valence electrons. The third-order valence-electron chi connectivity index (χ3n) is 1.79. The Hall–Kier alpha value is -2.37. The van der Waals surface area contributed by atoms with Gasteiger partial charge in [0.25, 0.3) is 6.01 Å². The van der Waals surface area contributed by atoms with Gasteiger partial charge in [-0.05, 0) is 12.1 Å². The highest BCUT2D eigenvalue weighted by atomic mass is 19.1. The number of hydrogen-bond acceptors (Lipinski definition) is 3. The fraction of sp³-hybridized carbons (Fsp3) is 0. The molecule has 2 aromatic rings. The van der Waals surface area contributed by atoms with Gasteiger partial charge in [-0.25, -0.2) is 14.2 Å². The third-order valence-corrected chi connectivity index (χ3v) is 1.79. The number of halogens is 1. The first kappa shape index (κ1) is 10.2. The van der Waals surface area contributed by atoms with E-state index in [1.165, 1.54) is 24.3 Å². The zero-order valence-electron chi connectivity index (χ0n) is 7.98. The van der Waals surface area contributed by atoms with Crippen LogP contribution in [0.4, 0.5) is 4.39 Å². The number of aromatic nitrogens is 2. The van der Waals surface area contributed by atoms with Crippen molar-refractivity contribution in [3.05, 3.63) is 42.0 Å². The van der Waals surface area contributed by atoms with E-state index in [9.17, 15) is 9.18 Å². The lowest BCUT2D eigenvalue weighted by Gasteiger charge is -2.00. The van der Waals surface area contributed by atoms with Crippen molar-refractivity contribution in [2.75, 3.05) is 0 Å². The molecule has 0 spiro atoms. The predicted octanol–water partition coefficient (Wildman–Crippen LogP) is 2.04. The number of rotatable bonds is 3. The predicted molar refractivity (Wildman–Crippen MR) is 52.0 cm³/mol. The molecule has 0 bridgehead atoms. The zero-order chi connectivity index (χ0) is 11.5. The number of H-pyrrole nitrogens is 1. The average Bonchev–Trinajstić information content (AvgIpc) is 2.66. The summed E-state index contributed by atoms with van der Waals surface area (Å²) in [7, 11) is 0. The van der Waals surface area contributed by atoms with Crippen LogP contribution in [0.1, 0.15) is 10.5 Å². The van der Waals surface area contributed by atoms with E-state index < -0.39 is 11.8 Å². The van der Waals surface area contributed by atoms with Crippen molar-refractivity contribution in [1.29, 1.82) is 0 Å². The third kappa shape index (κ3) is 2.17. The summed E-state index contributed by atoms with van der Waals surface area (Å²) in [5.74, 6) is -1.34. The lowest BCUT2D eigenvalue weighted by atomic mass is 10.3. The summed E-state index contributed by atoms with van der Waals surface area (Å²) in [6.07, 6.45) is 1.12. The topological polar surface area (TPSA) is 75.2 Å². The van der Waals surface area contributed by atoms with Crippen molar-refractivity contribution in [2.45, 2.75) is 0 Å². The van der Waals surface area contributed by atoms with Crippen LogP contribution in [0.2, 0.25) is 0 Å². The molecule has 0 radical (unpaired) electrons. The highest BCUT2D eigenvalue weighted by Gasteiger charge is 2.08. The number of benzene rings is 1. The fourth-order valence-corrected chi connectivity index (χ4v) is 1.11. The van der Waals surface area contributed by atoms with Gasteiger partial charge in [0.2, 0.25) is 0 Å². The molecule has 1 aromatic heterocycles. The van der Waals surface area contributed by atoms with Crippen LogP contribution >= 0.6 is 0 Å². The number of ether oxygens (including phenoxy) is 1. The second-order valence-electron chi connectivity index (χ2n) is 2.97. The molecular formula is C10H7FN2O3. The molecule has 0 aliphatic rings. The van der Waals surface area contributed by atoms with Crippen molar-refractivity contribution in [3.63, 3.8) is 0 Å². The molecule has 0 atom stereocenters. The van der Waals surface area contributed by atoms with E-state index in [4.69, 9.17) is 9.84 Å². The number of carbonyl (C=O) groups is 1. The highest BCUT2D eigenvalue weighted by Crippen LogP contribution is 2.18.